The Kier molecular flexibility index (Phi) is 1.65. The van der Waals surface area contributed by atoms with Gasteiger partial charge in [-0.05, 0) is 6.42 Å². The van der Waals surface area contributed by atoms with Crippen LogP contribution in [0.5, 0.6) is 0 Å². The first-order valence-corrected chi connectivity index (χ1v) is 2.80. The van der Waals surface area contributed by atoms with Crippen molar-refractivity contribution in [3.8, 4) is 0 Å². The van der Waals surface area contributed by atoms with E-state index in [9.17, 15) is 0 Å². The topological polar surface area (TPSA) is 26.1 Å². The number of hydrogen-bond acceptors (Lipinski definition) is 1. The van der Waals surface area contributed by atoms with Gasteiger partial charge in [0.25, 0.3) is 0 Å². The van der Waals surface area contributed by atoms with Gasteiger partial charge >= 0.3 is 0 Å². The summed E-state index contributed by atoms with van der Waals surface area (Å²) >= 11 is 0. The number of hydrogen-bond donors (Lipinski definition) is 1. The van der Waals surface area contributed by atoms with Crippen LogP contribution < -0.4 is 10.6 Å². The van der Waals surface area contributed by atoms with Crippen molar-refractivity contribution in [1.29, 1.82) is 0 Å². The molecule has 1 fully saturated rings. The fourth-order valence-electron chi connectivity index (χ4n) is 0.752. The second kappa shape index (κ2) is 2.28. The summed E-state index contributed by atoms with van der Waals surface area (Å²) in [5, 5.41) is 7.36. The van der Waals surface area contributed by atoms with Gasteiger partial charge in [-0.2, -0.15) is 0 Å². The summed E-state index contributed by atoms with van der Waals surface area (Å²) in [4.78, 5) is 0. The van der Waals surface area contributed by atoms with Gasteiger partial charge in [0.2, 0.25) is 0 Å². The minimum atomic E-state index is 0.681. The maximum Gasteiger partial charge on any atom is 0.0627 e. The Bertz CT molecular complexity index is 48.0. The first kappa shape index (κ1) is 5.06. The van der Waals surface area contributed by atoms with Crippen LogP contribution in [0.25, 0.3) is 0 Å². The molecule has 1 N–H and O–H groups in total. The third-order valence-corrected chi connectivity index (χ3v) is 1.33. The minimum Gasteiger partial charge on any atom is -0.299 e. The number of nitrogens with one attached hydrogen (secondary N) is 1. The molecule has 7 heavy (non-hydrogen) atoms. The maximum absolute atomic E-state index is 4.12. The molecule has 1 heterocycles. The third kappa shape index (κ3) is 1.14. The summed E-state index contributed by atoms with van der Waals surface area (Å²) in [5.74, 6) is 0. The smallest absolute Gasteiger partial charge is 0.0627 e. The molecule has 41 valence electrons. The van der Waals surface area contributed by atoms with Gasteiger partial charge < -0.3 is 0 Å². The molecular weight excluding hydrogens is 88.1 g/mol. The molecule has 1 atom stereocenters. The van der Waals surface area contributed by atoms with Crippen molar-refractivity contribution >= 4 is 0 Å². The van der Waals surface area contributed by atoms with Gasteiger partial charge in [0.15, 0.2) is 0 Å². The van der Waals surface area contributed by atoms with E-state index in [1.165, 1.54) is 6.42 Å². The minimum absolute atomic E-state index is 0.681. The van der Waals surface area contributed by atoms with E-state index >= 15 is 0 Å². The average molecular weight is 99.2 g/mol. The lowest BCUT2D eigenvalue weighted by Crippen LogP contribution is -2.21. The van der Waals surface area contributed by atoms with Crippen molar-refractivity contribution in [3.05, 3.63) is 0 Å². The van der Waals surface area contributed by atoms with Gasteiger partial charge in [0.05, 0.1) is 6.67 Å². The van der Waals surface area contributed by atoms with Gasteiger partial charge in [0, 0.05) is 12.6 Å². The molecule has 0 aromatic carbocycles. The molecule has 1 saturated heterocycles. The summed E-state index contributed by atoms with van der Waals surface area (Å²) in [7, 11) is 0. The van der Waals surface area contributed by atoms with Crippen molar-refractivity contribution in [2.45, 2.75) is 19.4 Å². The summed E-state index contributed by atoms with van der Waals surface area (Å²) in [6.45, 7) is 4.08. The molecular formula is C5H11N2. The van der Waals surface area contributed by atoms with Gasteiger partial charge in [-0.3, -0.25) is 5.32 Å². The molecule has 1 rings (SSSR count). The largest absolute Gasteiger partial charge is 0.299 e. The molecule has 1 radical (unpaired) electrons. The summed E-state index contributed by atoms with van der Waals surface area (Å²) in [5.41, 5.74) is 0. The molecule has 0 bridgehead atoms. The second-order valence-electron chi connectivity index (χ2n) is 1.87. The van der Waals surface area contributed by atoms with Crippen LogP contribution in [0.3, 0.4) is 0 Å². The van der Waals surface area contributed by atoms with Crippen LogP contribution in [0.2, 0.25) is 0 Å². The van der Waals surface area contributed by atoms with Crippen LogP contribution in [-0.4, -0.2) is 19.3 Å². The Hall–Kier alpha value is -0.0800. The van der Waals surface area contributed by atoms with Gasteiger partial charge in [-0.25, -0.2) is 5.32 Å². The lowest BCUT2D eigenvalue weighted by Gasteiger charge is -2.00. The van der Waals surface area contributed by atoms with Crippen LogP contribution in [0.1, 0.15) is 13.3 Å². The van der Waals surface area contributed by atoms with Crippen molar-refractivity contribution < 1.29 is 0 Å². The van der Waals surface area contributed by atoms with E-state index in [4.69, 9.17) is 0 Å². The molecule has 1 aliphatic heterocycles. The Balaban J connectivity index is 2.14. The second-order valence-corrected chi connectivity index (χ2v) is 1.87. The Morgan fingerprint density at radius 2 is 2.71 bits per heavy atom. The summed E-state index contributed by atoms with van der Waals surface area (Å²) < 4.78 is 0. The molecule has 0 spiro atoms. The fraction of sp³-hybridized carbons (Fsp3) is 1.00. The first-order chi connectivity index (χ1) is 3.43. The Morgan fingerprint density at radius 1 is 1.86 bits per heavy atom. The van der Waals surface area contributed by atoms with Crippen molar-refractivity contribution in [2.75, 3.05) is 13.2 Å². The van der Waals surface area contributed by atoms with Gasteiger partial charge in [-0.1, -0.05) is 6.92 Å². The zero-order valence-electron chi connectivity index (χ0n) is 4.65. The quantitative estimate of drug-likeness (QED) is 0.489. The van der Waals surface area contributed by atoms with Crippen LogP contribution in [-0.2, 0) is 0 Å². The van der Waals surface area contributed by atoms with E-state index in [0.717, 1.165) is 13.2 Å². The van der Waals surface area contributed by atoms with Gasteiger partial charge in [0.1, 0.15) is 0 Å². The SMILES string of the molecule is CCC1C[N]CN1. The number of nitrogens with zero attached hydrogens (tertiary/aromatic N) is 1. The predicted octanol–water partition coefficient (Wildman–Crippen LogP) is -0.0699. The third-order valence-electron chi connectivity index (χ3n) is 1.33. The zero-order valence-corrected chi connectivity index (χ0v) is 4.65. The van der Waals surface area contributed by atoms with E-state index in [1.807, 2.05) is 0 Å². The monoisotopic (exact) mass is 99.1 g/mol. The zero-order chi connectivity index (χ0) is 5.11. The highest BCUT2D eigenvalue weighted by atomic mass is 15.2. The highest BCUT2D eigenvalue weighted by Gasteiger charge is 2.10. The van der Waals surface area contributed by atoms with Crippen LogP contribution in [0, 0.1) is 0 Å². The first-order valence-electron chi connectivity index (χ1n) is 2.80. The van der Waals surface area contributed by atoms with Crippen LogP contribution >= 0.6 is 0 Å². The predicted molar refractivity (Wildman–Crippen MR) is 29.1 cm³/mol. The van der Waals surface area contributed by atoms with Crippen LogP contribution in [0.4, 0.5) is 0 Å². The van der Waals surface area contributed by atoms with Crippen molar-refractivity contribution in [3.63, 3.8) is 0 Å². The fourth-order valence-corrected chi connectivity index (χ4v) is 0.752. The Morgan fingerprint density at radius 3 is 3.00 bits per heavy atom. The molecule has 0 aromatic rings. The average Bonchev–Trinajstić information content (AvgIpc) is 2.14. The molecule has 2 nitrogen and oxygen atoms in total. The molecule has 1 unspecified atom stereocenters. The molecule has 0 aliphatic carbocycles. The lowest BCUT2D eigenvalue weighted by atomic mass is 10.2. The summed E-state index contributed by atoms with van der Waals surface area (Å²) in [6, 6.07) is 0.681. The number of rotatable bonds is 1. The van der Waals surface area contributed by atoms with E-state index < -0.39 is 0 Å². The highest BCUT2D eigenvalue weighted by Crippen LogP contribution is 1.92. The molecule has 0 amide bonds. The van der Waals surface area contributed by atoms with E-state index in [0.29, 0.717) is 6.04 Å². The molecule has 0 saturated carbocycles. The van der Waals surface area contributed by atoms with Gasteiger partial charge in [-0.15, -0.1) is 0 Å². The summed E-state index contributed by atoms with van der Waals surface area (Å²) in [6.07, 6.45) is 1.21. The lowest BCUT2D eigenvalue weighted by molar-refractivity contribution is 0.613. The standard InChI is InChI=1S/C5H11N2/c1-2-5-3-6-4-7-5/h5,7H,2-4H2,1H3. The molecule has 1 aliphatic rings. The van der Waals surface area contributed by atoms with E-state index in [1.54, 1.807) is 0 Å². The van der Waals surface area contributed by atoms with Crippen molar-refractivity contribution in [2.24, 2.45) is 0 Å². The maximum atomic E-state index is 4.12. The van der Waals surface area contributed by atoms with E-state index in [-0.39, 0.29) is 0 Å². The Labute approximate surface area is 44.3 Å². The normalized spacial score (nSPS) is 31.3. The highest BCUT2D eigenvalue weighted by molar-refractivity contribution is 4.71. The van der Waals surface area contributed by atoms with Crippen molar-refractivity contribution in [1.82, 2.24) is 10.6 Å². The molecule has 2 heteroatoms. The molecule has 0 aromatic heterocycles. The van der Waals surface area contributed by atoms with E-state index in [2.05, 4.69) is 17.6 Å². The van der Waals surface area contributed by atoms with Crippen LogP contribution in [0.15, 0.2) is 0 Å².